The van der Waals surface area contributed by atoms with Gasteiger partial charge in [0.2, 0.25) is 0 Å². The van der Waals surface area contributed by atoms with Crippen LogP contribution in [0, 0.1) is 0 Å². The van der Waals surface area contributed by atoms with E-state index in [9.17, 15) is 0 Å². The van der Waals surface area contributed by atoms with Crippen LogP contribution in [0.2, 0.25) is 5.02 Å². The smallest absolute Gasteiger partial charge is 0.175 e. The summed E-state index contributed by atoms with van der Waals surface area (Å²) in [5.74, 6) is 1.38. The third-order valence-electron chi connectivity index (χ3n) is 3.33. The summed E-state index contributed by atoms with van der Waals surface area (Å²) in [6.45, 7) is 5.40. The second kappa shape index (κ2) is 8.57. The van der Waals surface area contributed by atoms with Crippen LogP contribution in [-0.4, -0.2) is 13.2 Å². The van der Waals surface area contributed by atoms with Crippen molar-refractivity contribution < 1.29 is 9.47 Å². The van der Waals surface area contributed by atoms with Crippen LogP contribution in [0.25, 0.3) is 0 Å². The van der Waals surface area contributed by atoms with Gasteiger partial charge in [0.15, 0.2) is 11.5 Å². The molecule has 124 valence electrons. The van der Waals surface area contributed by atoms with Gasteiger partial charge in [-0.1, -0.05) is 43.6 Å². The average Bonchev–Trinajstić information content (AvgIpc) is 2.52. The highest BCUT2D eigenvalue weighted by atomic mass is 79.9. The molecule has 0 amide bonds. The molecule has 5 heteroatoms. The molecule has 2 rings (SSSR count). The summed E-state index contributed by atoms with van der Waals surface area (Å²) in [5.41, 5.74) is 2.07. The van der Waals surface area contributed by atoms with E-state index in [0.717, 1.165) is 22.1 Å². The maximum atomic E-state index is 6.17. The molecule has 0 unspecified atom stereocenters. The van der Waals surface area contributed by atoms with Gasteiger partial charge in [-0.15, -0.1) is 0 Å². The van der Waals surface area contributed by atoms with Crippen LogP contribution in [0.5, 0.6) is 11.5 Å². The third kappa shape index (κ3) is 5.13. The van der Waals surface area contributed by atoms with E-state index in [0.29, 0.717) is 29.2 Å². The van der Waals surface area contributed by atoms with E-state index in [1.165, 1.54) is 0 Å². The molecule has 1 N–H and O–H groups in total. The number of rotatable bonds is 7. The number of hydrogen-bond acceptors (Lipinski definition) is 3. The minimum Gasteiger partial charge on any atom is -0.493 e. The largest absolute Gasteiger partial charge is 0.493 e. The molecule has 0 aromatic heterocycles. The molecule has 0 atom stereocenters. The summed E-state index contributed by atoms with van der Waals surface area (Å²) in [6, 6.07) is 12.1. The van der Waals surface area contributed by atoms with Gasteiger partial charge in [0, 0.05) is 23.2 Å². The quantitative estimate of drug-likeness (QED) is 0.696. The van der Waals surface area contributed by atoms with Crippen molar-refractivity contribution in [2.75, 3.05) is 7.11 Å². The fourth-order valence-electron chi connectivity index (χ4n) is 2.10. The van der Waals surface area contributed by atoms with Crippen molar-refractivity contribution in [1.29, 1.82) is 0 Å². The molecule has 0 bridgehead atoms. The molecule has 0 heterocycles. The van der Waals surface area contributed by atoms with Gasteiger partial charge in [0.05, 0.1) is 11.6 Å². The topological polar surface area (TPSA) is 30.5 Å². The fraction of sp³-hybridized carbons (Fsp3) is 0.333. The average molecular weight is 399 g/mol. The van der Waals surface area contributed by atoms with Gasteiger partial charge in [-0.05, 0) is 39.7 Å². The first kappa shape index (κ1) is 18.1. The third-order valence-corrected chi connectivity index (χ3v) is 4.29. The number of benzene rings is 2. The highest BCUT2D eigenvalue weighted by Crippen LogP contribution is 2.37. The first-order chi connectivity index (χ1) is 11.0. The van der Waals surface area contributed by atoms with Crippen LogP contribution in [-0.2, 0) is 13.2 Å². The molecule has 0 aliphatic heterocycles. The molecule has 0 radical (unpaired) electrons. The summed E-state index contributed by atoms with van der Waals surface area (Å²) in [4.78, 5) is 0. The Hall–Kier alpha value is -1.23. The number of hydrogen-bond donors (Lipinski definition) is 1. The lowest BCUT2D eigenvalue weighted by molar-refractivity contribution is 0.282. The Bertz CT molecular complexity index is 661. The van der Waals surface area contributed by atoms with Crippen molar-refractivity contribution in [3.63, 3.8) is 0 Å². The van der Waals surface area contributed by atoms with Crippen LogP contribution in [0.1, 0.15) is 25.0 Å². The van der Waals surface area contributed by atoms with Crippen molar-refractivity contribution in [2.45, 2.75) is 33.0 Å². The highest BCUT2D eigenvalue weighted by molar-refractivity contribution is 9.10. The Labute approximate surface area is 151 Å². The lowest BCUT2D eigenvalue weighted by atomic mass is 10.2. The van der Waals surface area contributed by atoms with Crippen molar-refractivity contribution in [2.24, 2.45) is 0 Å². The van der Waals surface area contributed by atoms with Crippen molar-refractivity contribution in [3.8, 4) is 11.5 Å². The molecule has 0 saturated carbocycles. The SMILES string of the molecule is COc1cc(CNC(C)C)cc(Br)c1OCc1ccccc1Cl. The molecule has 0 saturated heterocycles. The molecule has 3 nitrogen and oxygen atoms in total. The minimum atomic E-state index is 0.387. The van der Waals surface area contributed by atoms with E-state index >= 15 is 0 Å². The Kier molecular flexibility index (Phi) is 6.75. The van der Waals surface area contributed by atoms with E-state index in [1.807, 2.05) is 36.4 Å². The highest BCUT2D eigenvalue weighted by Gasteiger charge is 2.13. The Morgan fingerprint density at radius 1 is 1.22 bits per heavy atom. The summed E-state index contributed by atoms with van der Waals surface area (Å²) in [5, 5.41) is 4.09. The molecular formula is C18H21BrClNO2. The minimum absolute atomic E-state index is 0.387. The molecule has 0 fully saturated rings. The van der Waals surface area contributed by atoms with Gasteiger partial charge in [-0.25, -0.2) is 0 Å². The van der Waals surface area contributed by atoms with E-state index in [1.54, 1.807) is 7.11 Å². The zero-order chi connectivity index (χ0) is 16.8. The number of ether oxygens (including phenoxy) is 2. The Morgan fingerprint density at radius 3 is 2.61 bits per heavy atom. The van der Waals surface area contributed by atoms with Crippen LogP contribution in [0.3, 0.4) is 0 Å². The van der Waals surface area contributed by atoms with Gasteiger partial charge >= 0.3 is 0 Å². The molecule has 2 aromatic rings. The maximum absolute atomic E-state index is 6.17. The molecule has 0 aliphatic carbocycles. The summed E-state index contributed by atoms with van der Waals surface area (Å²) in [7, 11) is 1.64. The van der Waals surface area contributed by atoms with Gasteiger partial charge < -0.3 is 14.8 Å². The summed E-state index contributed by atoms with van der Waals surface area (Å²) in [6.07, 6.45) is 0. The number of methoxy groups -OCH3 is 1. The summed E-state index contributed by atoms with van der Waals surface area (Å²) < 4.78 is 12.3. The van der Waals surface area contributed by atoms with Crippen molar-refractivity contribution in [3.05, 3.63) is 57.0 Å². The van der Waals surface area contributed by atoms with E-state index in [4.69, 9.17) is 21.1 Å². The maximum Gasteiger partial charge on any atom is 0.175 e. The van der Waals surface area contributed by atoms with Crippen LogP contribution >= 0.6 is 27.5 Å². The van der Waals surface area contributed by atoms with Crippen LogP contribution < -0.4 is 14.8 Å². The molecule has 23 heavy (non-hydrogen) atoms. The van der Waals surface area contributed by atoms with Gasteiger partial charge in [0.1, 0.15) is 6.61 Å². The standard InChI is InChI=1S/C18H21BrClNO2/c1-12(2)21-10-13-8-15(19)18(17(9-13)22-3)23-11-14-6-4-5-7-16(14)20/h4-9,12,21H,10-11H2,1-3H3. The lowest BCUT2D eigenvalue weighted by Crippen LogP contribution is -2.21. The number of halogens is 2. The zero-order valence-corrected chi connectivity index (χ0v) is 15.9. The fourth-order valence-corrected chi connectivity index (χ4v) is 2.90. The van der Waals surface area contributed by atoms with Crippen LogP contribution in [0.4, 0.5) is 0 Å². The first-order valence-corrected chi connectivity index (χ1v) is 8.64. The Balaban J connectivity index is 2.16. The predicted molar refractivity (Wildman–Crippen MR) is 98.5 cm³/mol. The van der Waals surface area contributed by atoms with Gasteiger partial charge in [0.25, 0.3) is 0 Å². The second-order valence-corrected chi connectivity index (χ2v) is 6.79. The number of nitrogens with one attached hydrogen (secondary N) is 1. The first-order valence-electron chi connectivity index (χ1n) is 7.47. The van der Waals surface area contributed by atoms with Crippen LogP contribution in [0.15, 0.2) is 40.9 Å². The molecule has 0 spiro atoms. The normalized spacial score (nSPS) is 10.9. The Morgan fingerprint density at radius 2 is 1.96 bits per heavy atom. The van der Waals surface area contributed by atoms with Crippen molar-refractivity contribution >= 4 is 27.5 Å². The van der Waals surface area contributed by atoms with Gasteiger partial charge in [-0.2, -0.15) is 0 Å². The zero-order valence-electron chi connectivity index (χ0n) is 13.5. The second-order valence-electron chi connectivity index (χ2n) is 5.52. The monoisotopic (exact) mass is 397 g/mol. The molecule has 2 aromatic carbocycles. The van der Waals surface area contributed by atoms with Gasteiger partial charge in [-0.3, -0.25) is 0 Å². The van der Waals surface area contributed by atoms with E-state index in [-0.39, 0.29) is 0 Å². The van der Waals surface area contributed by atoms with Crippen molar-refractivity contribution in [1.82, 2.24) is 5.32 Å². The van der Waals surface area contributed by atoms with E-state index in [2.05, 4.69) is 35.1 Å². The lowest BCUT2D eigenvalue weighted by Gasteiger charge is -2.16. The molecular weight excluding hydrogens is 378 g/mol. The predicted octanol–water partition coefficient (Wildman–Crippen LogP) is 5.19. The summed E-state index contributed by atoms with van der Waals surface area (Å²) >= 11 is 9.74. The van der Waals surface area contributed by atoms with E-state index < -0.39 is 0 Å². The molecule has 0 aliphatic rings.